The molecular formula is C7H12N2O4S. The Labute approximate surface area is 82.6 Å². The molecule has 14 heavy (non-hydrogen) atoms. The Bertz CT molecular complexity index is 330. The molecule has 0 amide bonds. The van der Waals surface area contributed by atoms with Crippen LogP contribution < -0.4 is 4.72 Å². The van der Waals surface area contributed by atoms with Crippen LogP contribution in [0.2, 0.25) is 0 Å². The molecule has 0 saturated carbocycles. The number of aliphatic carboxylic acids is 1. The van der Waals surface area contributed by atoms with E-state index >= 15 is 0 Å². The van der Waals surface area contributed by atoms with Gasteiger partial charge in [-0.3, -0.25) is 4.79 Å². The van der Waals surface area contributed by atoms with Crippen LogP contribution in [-0.2, 0) is 14.8 Å². The second-order valence-corrected chi connectivity index (χ2v) is 4.63. The molecule has 0 rings (SSSR count). The summed E-state index contributed by atoms with van der Waals surface area (Å²) in [5.74, 6) is -1.45. The summed E-state index contributed by atoms with van der Waals surface area (Å²) >= 11 is 0. The molecule has 1 atom stereocenters. The number of sulfonamides is 1. The molecule has 0 fully saturated rings. The van der Waals surface area contributed by atoms with Gasteiger partial charge in [0.15, 0.2) is 0 Å². The van der Waals surface area contributed by atoms with Crippen molar-refractivity contribution >= 4 is 16.0 Å². The van der Waals surface area contributed by atoms with Crippen LogP contribution in [0.3, 0.4) is 0 Å². The van der Waals surface area contributed by atoms with Crippen molar-refractivity contribution in [1.29, 1.82) is 5.26 Å². The first-order valence-corrected chi connectivity index (χ1v) is 5.64. The molecule has 0 aromatic rings. The zero-order chi connectivity index (χ0) is 11.2. The fourth-order valence-corrected chi connectivity index (χ4v) is 2.00. The highest BCUT2D eigenvalue weighted by molar-refractivity contribution is 7.89. The lowest BCUT2D eigenvalue weighted by Gasteiger charge is -2.08. The van der Waals surface area contributed by atoms with Crippen molar-refractivity contribution in [1.82, 2.24) is 4.72 Å². The van der Waals surface area contributed by atoms with Gasteiger partial charge in [-0.1, -0.05) is 0 Å². The average molecular weight is 220 g/mol. The summed E-state index contributed by atoms with van der Waals surface area (Å²) < 4.78 is 24.3. The lowest BCUT2D eigenvalue weighted by Crippen LogP contribution is -2.39. The Hall–Kier alpha value is -1.13. The molecule has 6 nitrogen and oxygen atoms in total. The van der Waals surface area contributed by atoms with E-state index in [9.17, 15) is 13.2 Å². The maximum Gasteiger partial charge on any atom is 0.321 e. The third-order valence-electron chi connectivity index (χ3n) is 1.43. The minimum Gasteiger partial charge on any atom is -0.480 e. The minimum atomic E-state index is -3.58. The molecule has 0 saturated heterocycles. The first-order chi connectivity index (χ1) is 6.39. The summed E-state index contributed by atoms with van der Waals surface area (Å²) in [6, 6.07) is 0.671. The Balaban J connectivity index is 4.09. The largest absolute Gasteiger partial charge is 0.480 e. The van der Waals surface area contributed by atoms with Gasteiger partial charge >= 0.3 is 5.97 Å². The zero-order valence-electron chi connectivity index (χ0n) is 7.73. The molecule has 80 valence electrons. The summed E-state index contributed by atoms with van der Waals surface area (Å²) in [6.45, 7) is 1.24. The minimum absolute atomic E-state index is 0.141. The summed E-state index contributed by atoms with van der Waals surface area (Å²) in [6.07, 6.45) is 0.348. The molecule has 0 aliphatic heterocycles. The van der Waals surface area contributed by atoms with Crippen molar-refractivity contribution < 1.29 is 18.3 Å². The van der Waals surface area contributed by atoms with E-state index in [2.05, 4.69) is 0 Å². The van der Waals surface area contributed by atoms with Gasteiger partial charge in [0.1, 0.15) is 6.04 Å². The van der Waals surface area contributed by atoms with Crippen LogP contribution in [0.15, 0.2) is 0 Å². The topological polar surface area (TPSA) is 107 Å². The van der Waals surface area contributed by atoms with Gasteiger partial charge in [-0.05, 0) is 13.3 Å². The van der Waals surface area contributed by atoms with Crippen molar-refractivity contribution in [2.45, 2.75) is 25.8 Å². The number of hydrogen-bond acceptors (Lipinski definition) is 4. The van der Waals surface area contributed by atoms with Crippen LogP contribution in [0.5, 0.6) is 0 Å². The van der Waals surface area contributed by atoms with Gasteiger partial charge in [-0.2, -0.15) is 5.26 Å². The number of nitrogens with one attached hydrogen (secondary N) is 1. The molecule has 7 heteroatoms. The summed E-state index contributed by atoms with van der Waals surface area (Å²) in [5, 5.41) is 16.6. The van der Waals surface area contributed by atoms with Gasteiger partial charge in [-0.25, -0.2) is 13.1 Å². The molecule has 0 aliphatic rings. The fourth-order valence-electron chi connectivity index (χ4n) is 0.720. The quantitative estimate of drug-likeness (QED) is 0.596. The third kappa shape index (κ3) is 5.50. The molecule has 1 unspecified atom stereocenters. The average Bonchev–Trinajstić information content (AvgIpc) is 2.03. The predicted molar refractivity (Wildman–Crippen MR) is 48.9 cm³/mol. The maximum absolute atomic E-state index is 11.1. The molecule has 0 spiro atoms. The van der Waals surface area contributed by atoms with Crippen LogP contribution in [0.4, 0.5) is 0 Å². The number of carboxylic acids is 1. The highest BCUT2D eigenvalue weighted by atomic mass is 32.2. The number of unbranched alkanes of at least 4 members (excludes halogenated alkanes) is 1. The molecule has 0 heterocycles. The number of rotatable bonds is 6. The highest BCUT2D eigenvalue weighted by Crippen LogP contribution is 1.95. The van der Waals surface area contributed by atoms with E-state index in [1.807, 2.05) is 10.8 Å². The van der Waals surface area contributed by atoms with E-state index in [1.54, 1.807) is 0 Å². The van der Waals surface area contributed by atoms with E-state index in [0.717, 1.165) is 0 Å². The molecule has 0 aliphatic carbocycles. The summed E-state index contributed by atoms with van der Waals surface area (Å²) in [4.78, 5) is 10.3. The van der Waals surface area contributed by atoms with Crippen molar-refractivity contribution in [3.8, 4) is 6.07 Å². The molecule has 0 radical (unpaired) electrons. The van der Waals surface area contributed by atoms with E-state index in [1.165, 1.54) is 6.92 Å². The number of nitrogens with zero attached hydrogens (tertiary/aromatic N) is 1. The van der Waals surface area contributed by atoms with Gasteiger partial charge in [0.25, 0.3) is 0 Å². The lowest BCUT2D eigenvalue weighted by molar-refractivity contribution is -0.138. The monoisotopic (exact) mass is 220 g/mol. The Morgan fingerprint density at radius 2 is 2.21 bits per heavy atom. The zero-order valence-corrected chi connectivity index (χ0v) is 8.54. The fraction of sp³-hybridized carbons (Fsp3) is 0.714. The van der Waals surface area contributed by atoms with Gasteiger partial charge < -0.3 is 5.11 Å². The molecular weight excluding hydrogens is 208 g/mol. The number of carboxylic acid groups (broad SMARTS) is 1. The predicted octanol–water partition coefficient (Wildman–Crippen LogP) is -0.317. The van der Waals surface area contributed by atoms with Gasteiger partial charge in [-0.15, -0.1) is 0 Å². The second kappa shape index (κ2) is 5.57. The third-order valence-corrected chi connectivity index (χ3v) is 2.97. The Morgan fingerprint density at radius 3 is 2.64 bits per heavy atom. The van der Waals surface area contributed by atoms with Crippen molar-refractivity contribution in [2.75, 3.05) is 5.75 Å². The first-order valence-electron chi connectivity index (χ1n) is 3.99. The van der Waals surface area contributed by atoms with Gasteiger partial charge in [0.05, 0.1) is 11.8 Å². The van der Waals surface area contributed by atoms with Gasteiger partial charge in [0.2, 0.25) is 10.0 Å². The molecule has 0 bridgehead atoms. The number of hydrogen-bond donors (Lipinski definition) is 2. The highest BCUT2D eigenvalue weighted by Gasteiger charge is 2.18. The van der Waals surface area contributed by atoms with E-state index < -0.39 is 22.0 Å². The molecule has 0 aromatic heterocycles. The number of nitriles is 1. The van der Waals surface area contributed by atoms with Crippen LogP contribution in [0, 0.1) is 11.3 Å². The Kier molecular flexibility index (Phi) is 5.12. The molecule has 0 aromatic carbocycles. The normalized spacial score (nSPS) is 13.1. The molecule has 2 N–H and O–H groups in total. The van der Waals surface area contributed by atoms with Crippen molar-refractivity contribution in [2.24, 2.45) is 0 Å². The smallest absolute Gasteiger partial charge is 0.321 e. The second-order valence-electron chi connectivity index (χ2n) is 2.76. The van der Waals surface area contributed by atoms with E-state index in [0.29, 0.717) is 0 Å². The van der Waals surface area contributed by atoms with Crippen LogP contribution in [0.25, 0.3) is 0 Å². The van der Waals surface area contributed by atoms with Gasteiger partial charge in [0, 0.05) is 6.42 Å². The standard InChI is InChI=1S/C7H12N2O4S/c1-6(7(10)11)9-14(12,13)5-3-2-4-8/h6,9H,2-3,5H2,1H3,(H,10,11). The SMILES string of the molecule is CC(NS(=O)(=O)CCCC#N)C(=O)O. The van der Waals surface area contributed by atoms with E-state index in [-0.39, 0.29) is 18.6 Å². The van der Waals surface area contributed by atoms with Crippen molar-refractivity contribution in [3.63, 3.8) is 0 Å². The van der Waals surface area contributed by atoms with Crippen LogP contribution in [0.1, 0.15) is 19.8 Å². The maximum atomic E-state index is 11.1. The van der Waals surface area contributed by atoms with Crippen molar-refractivity contribution in [3.05, 3.63) is 0 Å². The van der Waals surface area contributed by atoms with Crippen LogP contribution in [-0.4, -0.2) is 31.3 Å². The van der Waals surface area contributed by atoms with E-state index in [4.69, 9.17) is 10.4 Å². The first kappa shape index (κ1) is 12.9. The summed E-state index contributed by atoms with van der Waals surface area (Å²) in [5.41, 5.74) is 0. The summed E-state index contributed by atoms with van der Waals surface area (Å²) in [7, 11) is -3.58. The lowest BCUT2D eigenvalue weighted by atomic mass is 10.4. The van der Waals surface area contributed by atoms with Crippen LogP contribution >= 0.6 is 0 Å². The Morgan fingerprint density at radius 1 is 1.64 bits per heavy atom. The number of carbonyl (C=O) groups is 1.